The molecule has 1 aromatic carbocycles. The molecule has 2 rings (SSSR count). The summed E-state index contributed by atoms with van der Waals surface area (Å²) in [5.41, 5.74) is 0.433. The summed E-state index contributed by atoms with van der Waals surface area (Å²) in [5, 5.41) is 17.8. The van der Waals surface area contributed by atoms with E-state index in [2.05, 4.69) is 17.6 Å². The second-order valence-electron chi connectivity index (χ2n) is 5.39. The smallest absolute Gasteiger partial charge is 0.289 e. The molecule has 0 radical (unpaired) electrons. The second kappa shape index (κ2) is 7.04. The van der Waals surface area contributed by atoms with E-state index in [4.69, 9.17) is 23.8 Å². The molecule has 1 aliphatic carbocycles. The van der Waals surface area contributed by atoms with Gasteiger partial charge in [0.2, 0.25) is 0 Å². The van der Waals surface area contributed by atoms with Crippen molar-refractivity contribution in [2.45, 2.75) is 38.6 Å². The topological polar surface area (TPSA) is 67.2 Å². The van der Waals surface area contributed by atoms with Crippen molar-refractivity contribution in [3.05, 3.63) is 33.3 Å². The Morgan fingerprint density at radius 3 is 2.81 bits per heavy atom. The number of rotatable bonds is 3. The fourth-order valence-corrected chi connectivity index (χ4v) is 3.05. The molecule has 7 heteroatoms. The van der Waals surface area contributed by atoms with Gasteiger partial charge in [0.25, 0.3) is 5.69 Å². The van der Waals surface area contributed by atoms with E-state index in [1.165, 1.54) is 31.4 Å². The molecule has 21 heavy (non-hydrogen) atoms. The first-order valence-electron chi connectivity index (χ1n) is 6.99. The van der Waals surface area contributed by atoms with Gasteiger partial charge in [-0.15, -0.1) is 0 Å². The first-order chi connectivity index (χ1) is 9.97. The molecule has 5 nitrogen and oxygen atoms in total. The lowest BCUT2D eigenvalue weighted by molar-refractivity contribution is -0.384. The molecule has 0 unspecified atom stereocenters. The summed E-state index contributed by atoms with van der Waals surface area (Å²) in [6, 6.07) is 4.92. The normalized spacial score (nSPS) is 21.6. The fraction of sp³-hybridized carbons (Fsp3) is 0.500. The predicted molar refractivity (Wildman–Crippen MR) is 88.9 cm³/mol. The van der Waals surface area contributed by atoms with E-state index in [0.29, 0.717) is 22.8 Å². The molecule has 2 atom stereocenters. The van der Waals surface area contributed by atoms with Crippen LogP contribution in [0, 0.1) is 16.0 Å². The summed E-state index contributed by atoms with van der Waals surface area (Å²) >= 11 is 11.1. The molecule has 1 aromatic rings. The van der Waals surface area contributed by atoms with E-state index in [0.717, 1.165) is 6.42 Å². The number of nitrogens with zero attached hydrogens (tertiary/aromatic N) is 1. The van der Waals surface area contributed by atoms with Crippen LogP contribution >= 0.6 is 23.8 Å². The minimum Gasteiger partial charge on any atom is -0.359 e. The second-order valence-corrected chi connectivity index (χ2v) is 6.21. The maximum atomic E-state index is 10.9. The highest BCUT2D eigenvalue weighted by Gasteiger charge is 2.22. The number of hydrogen-bond donors (Lipinski definition) is 2. The molecule has 1 fully saturated rings. The van der Waals surface area contributed by atoms with Crippen LogP contribution in [0.4, 0.5) is 11.4 Å². The molecule has 1 aliphatic rings. The Labute approximate surface area is 134 Å². The highest BCUT2D eigenvalue weighted by molar-refractivity contribution is 7.80. The van der Waals surface area contributed by atoms with Crippen LogP contribution in [0.5, 0.6) is 0 Å². The standard InChI is InChI=1S/C14H18ClN3O2S/c1-9-4-2-3-5-12(9)17-14(21)16-10-6-7-11(15)13(8-10)18(19)20/h6-9,12H,2-5H2,1H3,(H2,16,17,21)/t9-,12+/m0/s1. The molecule has 0 amide bonds. The summed E-state index contributed by atoms with van der Waals surface area (Å²) < 4.78 is 0. The predicted octanol–water partition coefficient (Wildman–Crippen LogP) is 4.11. The van der Waals surface area contributed by atoms with Crippen LogP contribution in [-0.2, 0) is 0 Å². The van der Waals surface area contributed by atoms with Crippen LogP contribution in [0.25, 0.3) is 0 Å². The van der Waals surface area contributed by atoms with E-state index in [1.54, 1.807) is 6.07 Å². The molecule has 114 valence electrons. The summed E-state index contributed by atoms with van der Waals surface area (Å²) in [7, 11) is 0. The van der Waals surface area contributed by atoms with Gasteiger partial charge >= 0.3 is 0 Å². The lowest BCUT2D eigenvalue weighted by Gasteiger charge is -2.30. The van der Waals surface area contributed by atoms with Crippen LogP contribution in [0.1, 0.15) is 32.6 Å². The molecule has 0 spiro atoms. The van der Waals surface area contributed by atoms with Crippen LogP contribution in [0.2, 0.25) is 5.02 Å². The van der Waals surface area contributed by atoms with Gasteiger partial charge in [0.05, 0.1) is 4.92 Å². The molecule has 0 bridgehead atoms. The Balaban J connectivity index is 1.99. The van der Waals surface area contributed by atoms with Crippen molar-refractivity contribution in [2.24, 2.45) is 5.92 Å². The van der Waals surface area contributed by atoms with Crippen molar-refractivity contribution in [2.75, 3.05) is 5.32 Å². The zero-order chi connectivity index (χ0) is 15.4. The van der Waals surface area contributed by atoms with Gasteiger partial charge in [-0.05, 0) is 43.1 Å². The number of halogens is 1. The lowest BCUT2D eigenvalue weighted by atomic mass is 9.86. The van der Waals surface area contributed by atoms with Crippen LogP contribution < -0.4 is 10.6 Å². The van der Waals surface area contributed by atoms with Crippen LogP contribution in [0.15, 0.2) is 18.2 Å². The largest absolute Gasteiger partial charge is 0.359 e. The van der Waals surface area contributed by atoms with Crippen molar-refractivity contribution >= 4 is 40.3 Å². The summed E-state index contributed by atoms with van der Waals surface area (Å²) in [5.74, 6) is 0.582. The van der Waals surface area contributed by atoms with Crippen molar-refractivity contribution in [3.8, 4) is 0 Å². The monoisotopic (exact) mass is 327 g/mol. The molecule has 0 aliphatic heterocycles. The molecule has 0 aromatic heterocycles. The van der Waals surface area contributed by atoms with Crippen molar-refractivity contribution in [1.29, 1.82) is 0 Å². The number of nitro benzene ring substituents is 1. The average molecular weight is 328 g/mol. The van der Waals surface area contributed by atoms with Crippen LogP contribution in [0.3, 0.4) is 0 Å². The van der Waals surface area contributed by atoms with Crippen molar-refractivity contribution < 1.29 is 4.92 Å². The Kier molecular flexibility index (Phi) is 5.36. The molecular weight excluding hydrogens is 310 g/mol. The van der Waals surface area contributed by atoms with Gasteiger partial charge in [-0.1, -0.05) is 31.4 Å². The maximum Gasteiger partial charge on any atom is 0.289 e. The van der Waals surface area contributed by atoms with Crippen LogP contribution in [-0.4, -0.2) is 16.1 Å². The molecule has 2 N–H and O–H groups in total. The molecule has 1 saturated carbocycles. The first kappa shape index (κ1) is 16.0. The quantitative estimate of drug-likeness (QED) is 0.496. The van der Waals surface area contributed by atoms with E-state index in [9.17, 15) is 10.1 Å². The van der Waals surface area contributed by atoms with Gasteiger partial charge in [-0.25, -0.2) is 0 Å². The first-order valence-corrected chi connectivity index (χ1v) is 7.77. The zero-order valence-electron chi connectivity index (χ0n) is 11.8. The van der Waals surface area contributed by atoms with Gasteiger partial charge < -0.3 is 10.6 Å². The van der Waals surface area contributed by atoms with E-state index >= 15 is 0 Å². The Morgan fingerprint density at radius 1 is 1.43 bits per heavy atom. The summed E-state index contributed by atoms with van der Waals surface area (Å²) in [4.78, 5) is 10.4. The van der Waals surface area contributed by atoms with Gasteiger partial charge in [-0.2, -0.15) is 0 Å². The number of thiocarbonyl (C=S) groups is 1. The average Bonchev–Trinajstić information content (AvgIpc) is 2.43. The SMILES string of the molecule is C[C@H]1CCCC[C@H]1NC(=S)Nc1ccc(Cl)c([N+](=O)[O-])c1. The number of hydrogen-bond acceptors (Lipinski definition) is 3. The lowest BCUT2D eigenvalue weighted by Crippen LogP contribution is -2.43. The third-order valence-electron chi connectivity index (χ3n) is 3.83. The fourth-order valence-electron chi connectivity index (χ4n) is 2.60. The highest BCUT2D eigenvalue weighted by Crippen LogP contribution is 2.27. The zero-order valence-corrected chi connectivity index (χ0v) is 13.3. The number of nitrogens with one attached hydrogen (secondary N) is 2. The minimum atomic E-state index is -0.507. The third kappa shape index (κ3) is 4.28. The number of anilines is 1. The Hall–Kier alpha value is -1.40. The number of benzene rings is 1. The Bertz CT molecular complexity index is 553. The van der Waals surface area contributed by atoms with Gasteiger partial charge in [0.1, 0.15) is 5.02 Å². The molecular formula is C14H18ClN3O2S. The maximum absolute atomic E-state index is 10.9. The van der Waals surface area contributed by atoms with Gasteiger partial charge in [0, 0.05) is 17.8 Å². The Morgan fingerprint density at radius 2 is 2.14 bits per heavy atom. The minimum absolute atomic E-state index is 0.116. The summed E-state index contributed by atoms with van der Waals surface area (Å²) in [6.45, 7) is 2.21. The third-order valence-corrected chi connectivity index (χ3v) is 4.37. The van der Waals surface area contributed by atoms with Gasteiger partial charge in [-0.3, -0.25) is 10.1 Å². The van der Waals surface area contributed by atoms with E-state index in [-0.39, 0.29) is 10.7 Å². The van der Waals surface area contributed by atoms with Gasteiger partial charge in [0.15, 0.2) is 5.11 Å². The van der Waals surface area contributed by atoms with E-state index in [1.807, 2.05) is 0 Å². The van der Waals surface area contributed by atoms with Crippen molar-refractivity contribution in [3.63, 3.8) is 0 Å². The molecule has 0 heterocycles. The molecule has 0 saturated heterocycles. The van der Waals surface area contributed by atoms with E-state index < -0.39 is 4.92 Å². The number of nitro groups is 1. The summed E-state index contributed by atoms with van der Waals surface area (Å²) in [6.07, 6.45) is 4.77. The highest BCUT2D eigenvalue weighted by atomic mass is 35.5. The van der Waals surface area contributed by atoms with Crippen molar-refractivity contribution in [1.82, 2.24) is 5.32 Å².